The largest absolute Gasteiger partial charge is 0.386 e. The SMILES string of the molecule is CCCCCCCCCCCCCCNCC(O)C[N+](C)(C)C. The molecule has 0 fully saturated rings. The van der Waals surface area contributed by atoms with Gasteiger partial charge in [0.2, 0.25) is 0 Å². The van der Waals surface area contributed by atoms with Crippen LogP contribution in [-0.2, 0) is 0 Å². The minimum Gasteiger partial charge on any atom is -0.386 e. The zero-order valence-corrected chi connectivity index (χ0v) is 16.6. The lowest BCUT2D eigenvalue weighted by Crippen LogP contribution is -2.45. The first kappa shape index (κ1) is 22.9. The molecule has 0 radical (unpaired) electrons. The van der Waals surface area contributed by atoms with Crippen molar-refractivity contribution < 1.29 is 9.59 Å². The van der Waals surface area contributed by atoms with Gasteiger partial charge >= 0.3 is 0 Å². The zero-order valence-electron chi connectivity index (χ0n) is 16.6. The summed E-state index contributed by atoms with van der Waals surface area (Å²) in [6.45, 7) is 4.87. The van der Waals surface area contributed by atoms with E-state index in [9.17, 15) is 5.11 Å². The van der Waals surface area contributed by atoms with E-state index in [0.29, 0.717) is 0 Å². The van der Waals surface area contributed by atoms with E-state index in [1.165, 1.54) is 77.0 Å². The summed E-state index contributed by atoms with van der Waals surface area (Å²) in [4.78, 5) is 0. The Kier molecular flexibility index (Phi) is 15.3. The van der Waals surface area contributed by atoms with Gasteiger partial charge in [-0.2, -0.15) is 0 Å². The highest BCUT2D eigenvalue weighted by Gasteiger charge is 2.14. The average molecular weight is 330 g/mol. The fraction of sp³-hybridized carbons (Fsp3) is 1.00. The van der Waals surface area contributed by atoms with Gasteiger partial charge in [0.1, 0.15) is 12.6 Å². The summed E-state index contributed by atoms with van der Waals surface area (Å²) >= 11 is 0. The third-order valence-corrected chi connectivity index (χ3v) is 4.35. The molecule has 1 unspecified atom stereocenters. The number of aliphatic hydroxyl groups excluding tert-OH is 1. The van der Waals surface area contributed by atoms with Gasteiger partial charge in [0.15, 0.2) is 0 Å². The van der Waals surface area contributed by atoms with Crippen LogP contribution in [0.5, 0.6) is 0 Å². The Labute approximate surface area is 146 Å². The molecule has 0 aromatic rings. The van der Waals surface area contributed by atoms with E-state index in [4.69, 9.17) is 0 Å². The highest BCUT2D eigenvalue weighted by atomic mass is 16.3. The van der Waals surface area contributed by atoms with Crippen LogP contribution < -0.4 is 5.32 Å². The molecule has 0 saturated carbocycles. The second-order valence-electron chi connectivity index (χ2n) is 8.22. The normalized spacial score (nSPS) is 13.4. The second-order valence-corrected chi connectivity index (χ2v) is 8.22. The number of nitrogens with zero attached hydrogens (tertiary/aromatic N) is 1. The van der Waals surface area contributed by atoms with Crippen LogP contribution in [0, 0.1) is 0 Å². The summed E-state index contributed by atoms with van der Waals surface area (Å²) < 4.78 is 0.821. The van der Waals surface area contributed by atoms with Gasteiger partial charge in [-0.05, 0) is 13.0 Å². The first-order valence-corrected chi connectivity index (χ1v) is 10.1. The topological polar surface area (TPSA) is 32.3 Å². The molecule has 23 heavy (non-hydrogen) atoms. The Morgan fingerprint density at radius 1 is 0.739 bits per heavy atom. The number of quaternary nitrogens is 1. The molecule has 0 aromatic heterocycles. The van der Waals surface area contributed by atoms with E-state index in [-0.39, 0.29) is 6.10 Å². The van der Waals surface area contributed by atoms with Gasteiger partial charge in [-0.15, -0.1) is 0 Å². The van der Waals surface area contributed by atoms with Gasteiger partial charge in [0.05, 0.1) is 21.1 Å². The molecular formula is C20H45N2O+. The summed E-state index contributed by atoms with van der Waals surface area (Å²) in [5.74, 6) is 0. The predicted octanol–water partition coefficient (Wildman–Crippen LogP) is 4.34. The minimum absolute atomic E-state index is 0.229. The van der Waals surface area contributed by atoms with E-state index in [1.807, 2.05) is 0 Å². The predicted molar refractivity (Wildman–Crippen MR) is 103 cm³/mol. The first-order valence-electron chi connectivity index (χ1n) is 10.1. The van der Waals surface area contributed by atoms with E-state index < -0.39 is 0 Å². The molecule has 1 atom stereocenters. The van der Waals surface area contributed by atoms with Crippen LogP contribution in [-0.4, -0.2) is 56.5 Å². The van der Waals surface area contributed by atoms with Crippen molar-refractivity contribution in [1.29, 1.82) is 0 Å². The molecule has 140 valence electrons. The molecule has 0 aliphatic heterocycles. The van der Waals surface area contributed by atoms with Crippen LogP contribution in [0.25, 0.3) is 0 Å². The third kappa shape index (κ3) is 19.8. The summed E-state index contributed by atoms with van der Waals surface area (Å²) in [5, 5.41) is 13.3. The number of aliphatic hydroxyl groups is 1. The van der Waals surface area contributed by atoms with Gasteiger partial charge in [0.25, 0.3) is 0 Å². The molecule has 0 amide bonds. The maximum atomic E-state index is 9.90. The number of likely N-dealkylation sites (N-methyl/N-ethyl adjacent to an activating group) is 1. The van der Waals surface area contributed by atoms with Crippen LogP contribution in [0.4, 0.5) is 0 Å². The molecule has 0 spiro atoms. The number of hydrogen-bond acceptors (Lipinski definition) is 2. The maximum absolute atomic E-state index is 9.90. The van der Waals surface area contributed by atoms with Crippen LogP contribution in [0.2, 0.25) is 0 Å². The Morgan fingerprint density at radius 3 is 1.61 bits per heavy atom. The molecule has 0 heterocycles. The molecule has 2 N–H and O–H groups in total. The smallest absolute Gasteiger partial charge is 0.115 e. The van der Waals surface area contributed by atoms with Gasteiger partial charge in [-0.3, -0.25) is 0 Å². The van der Waals surface area contributed by atoms with Crippen LogP contribution in [0.1, 0.15) is 84.0 Å². The minimum atomic E-state index is -0.229. The highest BCUT2D eigenvalue weighted by Crippen LogP contribution is 2.11. The van der Waals surface area contributed by atoms with Gasteiger partial charge in [0, 0.05) is 6.54 Å². The molecule has 3 nitrogen and oxygen atoms in total. The Morgan fingerprint density at radius 2 is 1.17 bits per heavy atom. The maximum Gasteiger partial charge on any atom is 0.115 e. The molecular weight excluding hydrogens is 284 g/mol. The fourth-order valence-electron chi connectivity index (χ4n) is 3.06. The van der Waals surface area contributed by atoms with E-state index in [1.54, 1.807) is 0 Å². The van der Waals surface area contributed by atoms with Crippen LogP contribution in [0.15, 0.2) is 0 Å². The Hall–Kier alpha value is -0.120. The van der Waals surface area contributed by atoms with Crippen molar-refractivity contribution in [3.05, 3.63) is 0 Å². The fourth-order valence-corrected chi connectivity index (χ4v) is 3.06. The Balaban J connectivity index is 3.13. The lowest BCUT2D eigenvalue weighted by molar-refractivity contribution is -0.873. The van der Waals surface area contributed by atoms with Crippen molar-refractivity contribution >= 4 is 0 Å². The Bertz CT molecular complexity index is 238. The molecule has 0 bridgehead atoms. The molecule has 3 heteroatoms. The first-order chi connectivity index (χ1) is 11.0. The monoisotopic (exact) mass is 329 g/mol. The summed E-state index contributed by atoms with van der Waals surface area (Å²) in [7, 11) is 6.36. The number of unbranched alkanes of at least 4 members (excludes halogenated alkanes) is 11. The van der Waals surface area contributed by atoms with Crippen molar-refractivity contribution in [2.75, 3.05) is 40.8 Å². The zero-order chi connectivity index (χ0) is 17.4. The summed E-state index contributed by atoms with van der Waals surface area (Å²) in [6.07, 6.45) is 16.5. The average Bonchev–Trinajstić information content (AvgIpc) is 2.46. The molecule has 0 aliphatic carbocycles. The number of rotatable bonds is 17. The van der Waals surface area contributed by atoms with Crippen LogP contribution >= 0.6 is 0 Å². The van der Waals surface area contributed by atoms with E-state index in [2.05, 4.69) is 33.4 Å². The van der Waals surface area contributed by atoms with Crippen molar-refractivity contribution in [3.63, 3.8) is 0 Å². The summed E-state index contributed by atoms with van der Waals surface area (Å²) in [6, 6.07) is 0. The van der Waals surface area contributed by atoms with Crippen molar-refractivity contribution in [2.45, 2.75) is 90.1 Å². The molecule has 0 saturated heterocycles. The second kappa shape index (κ2) is 15.4. The third-order valence-electron chi connectivity index (χ3n) is 4.35. The van der Waals surface area contributed by atoms with E-state index in [0.717, 1.165) is 24.1 Å². The quantitative estimate of drug-likeness (QED) is 0.307. The van der Waals surface area contributed by atoms with Crippen molar-refractivity contribution in [2.24, 2.45) is 0 Å². The molecule has 0 aromatic carbocycles. The molecule has 0 rings (SSSR count). The van der Waals surface area contributed by atoms with E-state index >= 15 is 0 Å². The summed E-state index contributed by atoms with van der Waals surface area (Å²) in [5.41, 5.74) is 0. The van der Waals surface area contributed by atoms with Crippen LogP contribution in [0.3, 0.4) is 0 Å². The number of nitrogens with one attached hydrogen (secondary N) is 1. The lowest BCUT2D eigenvalue weighted by Gasteiger charge is -2.26. The standard InChI is InChI=1S/C20H45N2O/c1-5-6-7-8-9-10-11-12-13-14-15-16-17-21-18-20(23)19-22(2,3)4/h20-21,23H,5-19H2,1-4H3/q+1. The van der Waals surface area contributed by atoms with Gasteiger partial charge in [-0.1, -0.05) is 77.6 Å². The lowest BCUT2D eigenvalue weighted by atomic mass is 10.1. The highest BCUT2D eigenvalue weighted by molar-refractivity contribution is 4.58. The van der Waals surface area contributed by atoms with Gasteiger partial charge in [-0.25, -0.2) is 0 Å². The van der Waals surface area contributed by atoms with Gasteiger partial charge < -0.3 is 14.9 Å². The molecule has 0 aliphatic rings. The number of hydrogen-bond donors (Lipinski definition) is 2. The van der Waals surface area contributed by atoms with Crippen molar-refractivity contribution in [1.82, 2.24) is 5.32 Å². The van der Waals surface area contributed by atoms with Crippen molar-refractivity contribution in [3.8, 4) is 0 Å².